The maximum atomic E-state index is 14.1. The Bertz CT molecular complexity index is 922. The highest BCUT2D eigenvalue weighted by molar-refractivity contribution is 5.85. The molecule has 0 fully saturated rings. The molecule has 2 aromatic heterocycles. The molecule has 6 nitrogen and oxygen atoms in total. The van der Waals surface area contributed by atoms with Gasteiger partial charge in [0.2, 0.25) is 0 Å². The first-order chi connectivity index (χ1) is 14.1. The molecule has 2 N–H and O–H groups in total. The molecule has 0 bridgehead atoms. The van der Waals surface area contributed by atoms with Crippen LogP contribution in [-0.4, -0.2) is 34.9 Å². The van der Waals surface area contributed by atoms with E-state index in [9.17, 15) is 27.2 Å². The topological polar surface area (TPSA) is 84.0 Å². The van der Waals surface area contributed by atoms with Crippen LogP contribution < -0.4 is 10.6 Å². The highest BCUT2D eigenvalue weighted by Gasteiger charge is 2.44. The highest BCUT2D eigenvalue weighted by Crippen LogP contribution is 2.29. The lowest BCUT2D eigenvalue weighted by Gasteiger charge is -2.16. The van der Waals surface area contributed by atoms with E-state index in [2.05, 4.69) is 21.8 Å². The van der Waals surface area contributed by atoms with Gasteiger partial charge in [-0.15, -0.1) is 0 Å². The van der Waals surface area contributed by atoms with Gasteiger partial charge >= 0.3 is 11.8 Å². The number of pyridine rings is 2. The Morgan fingerprint density at radius 1 is 0.833 bits per heavy atom. The van der Waals surface area contributed by atoms with Crippen LogP contribution in [0.3, 0.4) is 0 Å². The molecule has 30 heavy (non-hydrogen) atoms. The normalized spacial score (nSPS) is 11.3. The number of carbonyl (C=O) groups excluding carboxylic acids is 2. The second kappa shape index (κ2) is 9.35. The molecule has 2 rings (SSSR count). The summed E-state index contributed by atoms with van der Waals surface area (Å²) in [5.74, 6) is -6.31. The first-order valence-corrected chi connectivity index (χ1v) is 8.70. The van der Waals surface area contributed by atoms with Crippen LogP contribution in [0.4, 0.5) is 17.6 Å². The van der Waals surface area contributed by atoms with Crippen LogP contribution >= 0.6 is 0 Å². The minimum Gasteiger partial charge on any atom is -0.340 e. The molecule has 10 heteroatoms. The number of halogens is 4. The lowest BCUT2D eigenvalue weighted by atomic mass is 10.1. The van der Waals surface area contributed by atoms with E-state index < -0.39 is 48.1 Å². The predicted octanol–water partition coefficient (Wildman–Crippen LogP) is 2.21. The van der Waals surface area contributed by atoms with Gasteiger partial charge in [-0.3, -0.25) is 19.6 Å². The molecule has 2 heterocycles. The smallest absolute Gasteiger partial charge is 0.340 e. The molecule has 0 aliphatic heterocycles. The van der Waals surface area contributed by atoms with Gasteiger partial charge in [-0.1, -0.05) is 24.0 Å². The van der Waals surface area contributed by atoms with Gasteiger partial charge in [0.1, 0.15) is 11.4 Å². The van der Waals surface area contributed by atoms with Crippen molar-refractivity contribution in [2.75, 3.05) is 13.1 Å². The van der Waals surface area contributed by atoms with Crippen LogP contribution in [0.5, 0.6) is 0 Å². The van der Waals surface area contributed by atoms with Crippen LogP contribution in [0, 0.1) is 25.7 Å². The Morgan fingerprint density at radius 2 is 1.20 bits per heavy atom. The van der Waals surface area contributed by atoms with Crippen molar-refractivity contribution in [1.29, 1.82) is 0 Å². The summed E-state index contributed by atoms with van der Waals surface area (Å²) >= 11 is 0. The molecule has 0 spiro atoms. The number of amides is 2. The fourth-order valence-corrected chi connectivity index (χ4v) is 2.44. The van der Waals surface area contributed by atoms with E-state index in [1.54, 1.807) is 0 Å². The molecule has 0 saturated carbocycles. The Morgan fingerprint density at radius 3 is 1.53 bits per heavy atom. The summed E-state index contributed by atoms with van der Waals surface area (Å²) in [7, 11) is 0. The number of aryl methyl sites for hydroxylation is 2. The number of hydrogen-bond donors (Lipinski definition) is 2. The maximum absolute atomic E-state index is 14.1. The van der Waals surface area contributed by atoms with Crippen molar-refractivity contribution in [1.82, 2.24) is 20.6 Å². The average Bonchev–Trinajstić information content (AvgIpc) is 2.70. The van der Waals surface area contributed by atoms with Gasteiger partial charge in [0.15, 0.2) is 0 Å². The summed E-state index contributed by atoms with van der Waals surface area (Å²) in [5.41, 5.74) is -1.05. The first kappa shape index (κ1) is 22.8. The minimum absolute atomic E-state index is 0.149. The van der Waals surface area contributed by atoms with Crippen LogP contribution in [0.1, 0.15) is 22.5 Å². The Hall–Kier alpha value is -3.48. The second-order valence-electron chi connectivity index (χ2n) is 6.21. The molecule has 158 valence electrons. The Labute approximate surface area is 170 Å². The average molecular weight is 422 g/mol. The fraction of sp³-hybridized carbons (Fsp3) is 0.300. The van der Waals surface area contributed by atoms with E-state index in [4.69, 9.17) is 0 Å². The summed E-state index contributed by atoms with van der Waals surface area (Å²) in [6.07, 6.45) is 2.29. The van der Waals surface area contributed by atoms with Crippen molar-refractivity contribution in [2.45, 2.75) is 25.7 Å². The molecule has 0 saturated heterocycles. The van der Waals surface area contributed by atoms with E-state index in [-0.39, 0.29) is 11.1 Å². The van der Waals surface area contributed by atoms with Crippen LogP contribution in [0.15, 0.2) is 36.7 Å². The van der Waals surface area contributed by atoms with Gasteiger partial charge < -0.3 is 10.6 Å². The molecule has 0 radical (unpaired) electrons. The fourth-order valence-electron chi connectivity index (χ4n) is 2.44. The molecule has 0 aliphatic rings. The third-order valence-corrected chi connectivity index (χ3v) is 3.98. The molecule has 0 aliphatic carbocycles. The number of nitrogens with one attached hydrogen (secondary N) is 2. The highest BCUT2D eigenvalue weighted by atomic mass is 19.3. The zero-order chi connectivity index (χ0) is 22.4. The van der Waals surface area contributed by atoms with Crippen molar-refractivity contribution in [3.05, 3.63) is 59.2 Å². The zero-order valence-corrected chi connectivity index (χ0v) is 16.1. The van der Waals surface area contributed by atoms with Crippen LogP contribution in [0.2, 0.25) is 0 Å². The summed E-state index contributed by atoms with van der Waals surface area (Å²) in [4.78, 5) is 30.5. The number of aromatic nitrogens is 2. The molecule has 0 aromatic carbocycles. The standard InChI is InChI=1S/C20H18F4N4O2/c1-13-7-5-11-25-15(13)19(21,22)17(29)27-9-3-4-10-28-18(30)20(23,24)16-14(2)8-6-12-26-16/h5-8,11-12H,9-10H2,1-2H3,(H,27,29)(H,28,30). The Kier molecular flexibility index (Phi) is 7.10. The third kappa shape index (κ3) is 5.11. The summed E-state index contributed by atoms with van der Waals surface area (Å²) in [6.45, 7) is 1.86. The number of hydrogen-bond acceptors (Lipinski definition) is 4. The SMILES string of the molecule is Cc1cccnc1C(F)(F)C(=O)NCC#CCNC(=O)C(F)(F)c1ncccc1C. The number of carbonyl (C=O) groups is 2. The monoisotopic (exact) mass is 422 g/mol. The van der Waals surface area contributed by atoms with E-state index in [0.717, 1.165) is 12.4 Å². The van der Waals surface area contributed by atoms with Gasteiger partial charge in [0.05, 0.1) is 13.1 Å². The molecular formula is C20H18F4N4O2. The lowest BCUT2D eigenvalue weighted by Crippen LogP contribution is -2.40. The van der Waals surface area contributed by atoms with Crippen molar-refractivity contribution in [3.8, 4) is 11.8 Å². The second-order valence-corrected chi connectivity index (χ2v) is 6.21. The van der Waals surface area contributed by atoms with Crippen LogP contribution in [-0.2, 0) is 21.4 Å². The maximum Gasteiger partial charge on any atom is 0.366 e. The van der Waals surface area contributed by atoms with Gasteiger partial charge in [-0.25, -0.2) is 0 Å². The van der Waals surface area contributed by atoms with E-state index in [0.29, 0.717) is 0 Å². The largest absolute Gasteiger partial charge is 0.366 e. The van der Waals surface area contributed by atoms with Gasteiger partial charge in [0, 0.05) is 12.4 Å². The quantitative estimate of drug-likeness (QED) is 0.552. The van der Waals surface area contributed by atoms with Gasteiger partial charge in [-0.2, -0.15) is 17.6 Å². The molecule has 2 aromatic rings. The van der Waals surface area contributed by atoms with E-state index >= 15 is 0 Å². The Balaban J connectivity index is 1.87. The lowest BCUT2D eigenvalue weighted by molar-refractivity contribution is -0.147. The first-order valence-electron chi connectivity index (χ1n) is 8.70. The van der Waals surface area contributed by atoms with Crippen molar-refractivity contribution in [3.63, 3.8) is 0 Å². The van der Waals surface area contributed by atoms with E-state index in [1.807, 2.05) is 10.6 Å². The number of rotatable bonds is 6. The third-order valence-electron chi connectivity index (χ3n) is 3.98. The van der Waals surface area contributed by atoms with Crippen molar-refractivity contribution in [2.24, 2.45) is 0 Å². The number of nitrogens with zero attached hydrogens (tertiary/aromatic N) is 2. The summed E-state index contributed by atoms with van der Waals surface area (Å²) < 4.78 is 56.6. The molecule has 0 atom stereocenters. The molecule has 0 unspecified atom stereocenters. The van der Waals surface area contributed by atoms with Crippen molar-refractivity contribution < 1.29 is 27.2 Å². The van der Waals surface area contributed by atoms with Crippen molar-refractivity contribution >= 4 is 11.8 Å². The zero-order valence-electron chi connectivity index (χ0n) is 16.1. The summed E-state index contributed by atoms with van der Waals surface area (Å²) in [6, 6.07) is 5.72. The molecule has 2 amide bonds. The van der Waals surface area contributed by atoms with Gasteiger partial charge in [0.25, 0.3) is 11.8 Å². The molecular weight excluding hydrogens is 404 g/mol. The van der Waals surface area contributed by atoms with Crippen LogP contribution in [0.25, 0.3) is 0 Å². The van der Waals surface area contributed by atoms with Gasteiger partial charge in [-0.05, 0) is 37.1 Å². The summed E-state index contributed by atoms with van der Waals surface area (Å²) in [5, 5.41) is 3.85. The predicted molar refractivity (Wildman–Crippen MR) is 99.5 cm³/mol. The van der Waals surface area contributed by atoms with E-state index in [1.165, 1.54) is 38.1 Å². The number of alkyl halides is 4. The minimum atomic E-state index is -3.86.